The molecule has 114 valence electrons. The summed E-state index contributed by atoms with van der Waals surface area (Å²) in [6.07, 6.45) is 0. The van der Waals surface area contributed by atoms with E-state index in [1.807, 2.05) is 14.1 Å². The number of rotatable bonds is 7. The predicted molar refractivity (Wildman–Crippen MR) is 77.6 cm³/mol. The van der Waals surface area contributed by atoms with Gasteiger partial charge >= 0.3 is 6.61 Å². The van der Waals surface area contributed by atoms with Crippen LogP contribution in [0.1, 0.15) is 19.4 Å². The van der Waals surface area contributed by atoms with E-state index in [0.29, 0.717) is 23.7 Å². The SMILES string of the molecule is CN(C)C(C)(C)CNCc1cc(Cl)ccc1OC(F)F. The molecule has 0 heterocycles. The molecular weight excluding hydrogens is 286 g/mol. The maximum Gasteiger partial charge on any atom is 0.387 e. The molecule has 0 aliphatic carbocycles. The summed E-state index contributed by atoms with van der Waals surface area (Å²) in [5.41, 5.74) is 0.579. The summed E-state index contributed by atoms with van der Waals surface area (Å²) in [5.74, 6) is 0.152. The van der Waals surface area contributed by atoms with Gasteiger partial charge in [-0.15, -0.1) is 0 Å². The summed E-state index contributed by atoms with van der Waals surface area (Å²) in [6.45, 7) is 2.47. The van der Waals surface area contributed by atoms with Gasteiger partial charge in [-0.3, -0.25) is 0 Å². The molecule has 0 unspecified atom stereocenters. The van der Waals surface area contributed by atoms with Gasteiger partial charge in [0.05, 0.1) is 0 Å². The number of hydrogen-bond donors (Lipinski definition) is 1. The number of ether oxygens (including phenoxy) is 1. The molecule has 1 rings (SSSR count). The van der Waals surface area contributed by atoms with Crippen molar-refractivity contribution in [3.8, 4) is 5.75 Å². The topological polar surface area (TPSA) is 24.5 Å². The number of halogens is 3. The van der Waals surface area contributed by atoms with Crippen LogP contribution in [0.3, 0.4) is 0 Å². The Morgan fingerprint density at radius 3 is 2.55 bits per heavy atom. The van der Waals surface area contributed by atoms with Gasteiger partial charge in [0, 0.05) is 29.2 Å². The van der Waals surface area contributed by atoms with Crippen LogP contribution in [-0.2, 0) is 6.54 Å². The Bertz CT molecular complexity index is 439. The standard InChI is InChI=1S/C14H21ClF2N2O/c1-14(2,19(3)4)9-18-8-10-7-11(15)5-6-12(10)20-13(16)17/h5-7,13,18H,8-9H2,1-4H3. The lowest BCUT2D eigenvalue weighted by atomic mass is 10.0. The first-order valence-electron chi connectivity index (χ1n) is 6.34. The molecule has 0 aliphatic heterocycles. The highest BCUT2D eigenvalue weighted by molar-refractivity contribution is 6.30. The highest BCUT2D eigenvalue weighted by atomic mass is 35.5. The Hall–Kier alpha value is -0.910. The maximum absolute atomic E-state index is 12.3. The van der Waals surface area contributed by atoms with Crippen molar-refractivity contribution >= 4 is 11.6 Å². The molecule has 3 nitrogen and oxygen atoms in total. The van der Waals surface area contributed by atoms with Crippen LogP contribution < -0.4 is 10.1 Å². The van der Waals surface area contributed by atoms with Gasteiger partial charge in [0.25, 0.3) is 0 Å². The van der Waals surface area contributed by atoms with Crippen molar-refractivity contribution in [2.24, 2.45) is 0 Å². The van der Waals surface area contributed by atoms with Gasteiger partial charge in [0.2, 0.25) is 0 Å². The molecule has 1 aromatic carbocycles. The van der Waals surface area contributed by atoms with Crippen LogP contribution in [0.4, 0.5) is 8.78 Å². The smallest absolute Gasteiger partial charge is 0.387 e. The number of alkyl halides is 2. The van der Waals surface area contributed by atoms with Crippen molar-refractivity contribution in [1.29, 1.82) is 0 Å². The van der Waals surface area contributed by atoms with Crippen molar-refractivity contribution in [3.05, 3.63) is 28.8 Å². The van der Waals surface area contributed by atoms with Crippen molar-refractivity contribution in [2.75, 3.05) is 20.6 Å². The molecule has 0 saturated heterocycles. The monoisotopic (exact) mass is 306 g/mol. The van der Waals surface area contributed by atoms with Crippen LogP contribution in [0.15, 0.2) is 18.2 Å². The van der Waals surface area contributed by atoms with Crippen molar-refractivity contribution in [2.45, 2.75) is 32.5 Å². The third-order valence-electron chi connectivity index (χ3n) is 3.32. The van der Waals surface area contributed by atoms with Gasteiger partial charge in [-0.2, -0.15) is 8.78 Å². The Morgan fingerprint density at radius 1 is 1.35 bits per heavy atom. The number of likely N-dealkylation sites (N-methyl/N-ethyl adjacent to an activating group) is 1. The molecular formula is C14H21ClF2N2O. The Kier molecular flexibility index (Phi) is 6.17. The minimum atomic E-state index is -2.84. The highest BCUT2D eigenvalue weighted by Crippen LogP contribution is 2.24. The second-order valence-corrected chi connectivity index (χ2v) is 5.88. The molecule has 1 aromatic rings. The van der Waals surface area contributed by atoms with Gasteiger partial charge in [-0.25, -0.2) is 0 Å². The molecule has 0 aromatic heterocycles. The van der Waals surface area contributed by atoms with E-state index in [9.17, 15) is 8.78 Å². The molecule has 0 atom stereocenters. The van der Waals surface area contributed by atoms with E-state index in [-0.39, 0.29) is 11.3 Å². The van der Waals surface area contributed by atoms with Crippen molar-refractivity contribution in [3.63, 3.8) is 0 Å². The largest absolute Gasteiger partial charge is 0.434 e. The first kappa shape index (κ1) is 17.1. The van der Waals surface area contributed by atoms with Gasteiger partial charge in [0.1, 0.15) is 5.75 Å². The molecule has 0 bridgehead atoms. The van der Waals surface area contributed by atoms with E-state index in [0.717, 1.165) is 0 Å². The lowest BCUT2D eigenvalue weighted by molar-refractivity contribution is -0.0505. The maximum atomic E-state index is 12.3. The third kappa shape index (κ3) is 5.23. The summed E-state index contributed by atoms with van der Waals surface area (Å²) < 4.78 is 29.2. The van der Waals surface area contributed by atoms with Crippen molar-refractivity contribution in [1.82, 2.24) is 10.2 Å². The van der Waals surface area contributed by atoms with Crippen LogP contribution in [0.25, 0.3) is 0 Å². The molecule has 0 aliphatic rings. The minimum absolute atomic E-state index is 0.0394. The Balaban J connectivity index is 2.69. The Morgan fingerprint density at radius 2 is 2.00 bits per heavy atom. The quantitative estimate of drug-likeness (QED) is 0.836. The molecule has 1 N–H and O–H groups in total. The zero-order chi connectivity index (χ0) is 15.3. The number of hydrogen-bond acceptors (Lipinski definition) is 3. The highest BCUT2D eigenvalue weighted by Gasteiger charge is 2.20. The fourth-order valence-electron chi connectivity index (χ4n) is 1.56. The van der Waals surface area contributed by atoms with E-state index >= 15 is 0 Å². The van der Waals surface area contributed by atoms with E-state index in [2.05, 4.69) is 28.8 Å². The van der Waals surface area contributed by atoms with Gasteiger partial charge in [0.15, 0.2) is 0 Å². The first-order valence-corrected chi connectivity index (χ1v) is 6.71. The van der Waals surface area contributed by atoms with Gasteiger partial charge in [-0.1, -0.05) is 11.6 Å². The molecule has 0 amide bonds. The average Bonchev–Trinajstić information content (AvgIpc) is 2.31. The molecule has 0 radical (unpaired) electrons. The average molecular weight is 307 g/mol. The lowest BCUT2D eigenvalue weighted by Crippen LogP contribution is -2.46. The van der Waals surface area contributed by atoms with Gasteiger partial charge in [-0.05, 0) is 46.1 Å². The molecule has 0 saturated carbocycles. The Labute approximate surface area is 123 Å². The molecule has 0 fully saturated rings. The van der Waals surface area contributed by atoms with E-state index in [1.54, 1.807) is 6.07 Å². The van der Waals surface area contributed by atoms with E-state index in [4.69, 9.17) is 11.6 Å². The summed E-state index contributed by atoms with van der Waals surface area (Å²) in [7, 11) is 3.98. The number of nitrogens with one attached hydrogen (secondary N) is 1. The van der Waals surface area contributed by atoms with Crippen LogP contribution in [0.5, 0.6) is 5.75 Å². The zero-order valence-electron chi connectivity index (χ0n) is 12.2. The lowest BCUT2D eigenvalue weighted by Gasteiger charge is -2.32. The van der Waals surface area contributed by atoms with Crippen molar-refractivity contribution < 1.29 is 13.5 Å². The van der Waals surface area contributed by atoms with E-state index < -0.39 is 6.61 Å². The summed E-state index contributed by atoms with van der Waals surface area (Å²) in [4.78, 5) is 2.09. The number of nitrogens with zero attached hydrogens (tertiary/aromatic N) is 1. The van der Waals surface area contributed by atoms with Crippen LogP contribution in [-0.4, -0.2) is 37.7 Å². The normalized spacial score (nSPS) is 12.2. The summed E-state index contributed by atoms with van der Waals surface area (Å²) in [5, 5.41) is 3.73. The second-order valence-electron chi connectivity index (χ2n) is 5.44. The van der Waals surface area contributed by atoms with Crippen LogP contribution >= 0.6 is 11.6 Å². The zero-order valence-corrected chi connectivity index (χ0v) is 13.0. The summed E-state index contributed by atoms with van der Waals surface area (Å²) >= 11 is 5.89. The molecule has 6 heteroatoms. The third-order valence-corrected chi connectivity index (χ3v) is 3.56. The number of benzene rings is 1. The predicted octanol–water partition coefficient (Wildman–Crippen LogP) is 3.37. The minimum Gasteiger partial charge on any atom is -0.434 e. The van der Waals surface area contributed by atoms with Gasteiger partial charge < -0.3 is 15.0 Å². The molecule has 0 spiro atoms. The van der Waals surface area contributed by atoms with E-state index in [1.165, 1.54) is 12.1 Å². The van der Waals surface area contributed by atoms with Crippen LogP contribution in [0, 0.1) is 0 Å². The van der Waals surface area contributed by atoms with Crippen LogP contribution in [0.2, 0.25) is 5.02 Å². The molecule has 20 heavy (non-hydrogen) atoms. The fraction of sp³-hybridized carbons (Fsp3) is 0.571. The second kappa shape index (κ2) is 7.20. The fourth-order valence-corrected chi connectivity index (χ4v) is 1.75. The first-order chi connectivity index (χ1) is 9.22. The summed E-state index contributed by atoms with van der Waals surface area (Å²) in [6, 6.07) is 4.63.